The third kappa shape index (κ3) is 2.68. The van der Waals surface area contributed by atoms with Gasteiger partial charge in [-0.05, 0) is 45.4 Å². The first-order valence-electron chi connectivity index (χ1n) is 6.79. The van der Waals surface area contributed by atoms with Crippen LogP contribution >= 0.6 is 11.6 Å². The molecule has 1 aromatic heterocycles. The minimum absolute atomic E-state index is 0.112. The lowest BCUT2D eigenvalue weighted by molar-refractivity contribution is -0.136. The van der Waals surface area contributed by atoms with Crippen molar-refractivity contribution >= 4 is 28.5 Å². The van der Waals surface area contributed by atoms with Crippen molar-refractivity contribution in [3.05, 3.63) is 44.2 Å². The van der Waals surface area contributed by atoms with Crippen LogP contribution in [0.15, 0.2) is 16.9 Å². The molecule has 0 saturated heterocycles. The van der Waals surface area contributed by atoms with Gasteiger partial charge in [0.05, 0.1) is 11.9 Å². The lowest BCUT2D eigenvalue weighted by atomic mass is 10.0. The van der Waals surface area contributed by atoms with Gasteiger partial charge in [-0.2, -0.15) is 0 Å². The zero-order valence-electron chi connectivity index (χ0n) is 12.5. The normalized spacial score (nSPS) is 11.3. The molecule has 1 heterocycles. The van der Waals surface area contributed by atoms with E-state index in [0.29, 0.717) is 21.7 Å². The Hall–Kier alpha value is -1.81. The smallest absolute Gasteiger partial charge is 0.308 e. The number of carboxylic acid groups (broad SMARTS) is 1. The van der Waals surface area contributed by atoms with Crippen LogP contribution in [0.5, 0.6) is 0 Å². The minimum atomic E-state index is -1.01. The maximum Gasteiger partial charge on any atom is 0.308 e. The molecule has 0 unspecified atom stereocenters. The van der Waals surface area contributed by atoms with Crippen molar-refractivity contribution in [2.45, 2.75) is 40.2 Å². The largest absolute Gasteiger partial charge is 0.481 e. The zero-order chi connectivity index (χ0) is 15.9. The van der Waals surface area contributed by atoms with E-state index in [2.05, 4.69) is 0 Å². The second-order valence-electron chi connectivity index (χ2n) is 5.55. The zero-order valence-corrected chi connectivity index (χ0v) is 13.3. The van der Waals surface area contributed by atoms with Gasteiger partial charge in [0, 0.05) is 27.7 Å². The topological polar surface area (TPSA) is 59.3 Å². The van der Waals surface area contributed by atoms with Gasteiger partial charge in [0.1, 0.15) is 0 Å². The first kappa shape index (κ1) is 15.6. The van der Waals surface area contributed by atoms with Crippen LogP contribution < -0.4 is 5.43 Å². The molecule has 2 aromatic rings. The van der Waals surface area contributed by atoms with Crippen molar-refractivity contribution in [1.29, 1.82) is 0 Å². The number of halogens is 1. The molecule has 1 N–H and O–H groups in total. The van der Waals surface area contributed by atoms with Gasteiger partial charge in [-0.15, -0.1) is 0 Å². The van der Waals surface area contributed by atoms with Gasteiger partial charge in [-0.25, -0.2) is 0 Å². The van der Waals surface area contributed by atoms with Gasteiger partial charge in [0.15, 0.2) is 5.43 Å². The highest BCUT2D eigenvalue weighted by Gasteiger charge is 2.19. The Kier molecular flexibility index (Phi) is 4.10. The fraction of sp³-hybridized carbons (Fsp3) is 0.375. The molecule has 0 aliphatic carbocycles. The summed E-state index contributed by atoms with van der Waals surface area (Å²) in [5.74, 6) is -1.01. The fourth-order valence-corrected chi connectivity index (χ4v) is 3.15. The number of carbonyl (C=O) groups is 1. The predicted molar refractivity (Wildman–Crippen MR) is 84.4 cm³/mol. The number of hydrogen-bond donors (Lipinski definition) is 1. The van der Waals surface area contributed by atoms with Crippen LogP contribution in [0.25, 0.3) is 10.9 Å². The number of pyridine rings is 1. The maximum absolute atomic E-state index is 12.6. The van der Waals surface area contributed by atoms with Crippen LogP contribution in [0.1, 0.15) is 36.7 Å². The average Bonchev–Trinajstić information content (AvgIpc) is 2.35. The van der Waals surface area contributed by atoms with Crippen molar-refractivity contribution < 1.29 is 9.90 Å². The van der Waals surface area contributed by atoms with E-state index in [1.165, 1.54) is 0 Å². The van der Waals surface area contributed by atoms with Gasteiger partial charge < -0.3 is 9.67 Å². The second-order valence-corrected chi connectivity index (χ2v) is 5.98. The number of rotatable bonds is 3. The molecule has 0 spiro atoms. The van der Waals surface area contributed by atoms with Crippen LogP contribution in [-0.2, 0) is 11.2 Å². The quantitative estimate of drug-likeness (QED) is 0.944. The van der Waals surface area contributed by atoms with E-state index in [4.69, 9.17) is 16.7 Å². The Morgan fingerprint density at radius 2 is 1.95 bits per heavy atom. The highest BCUT2D eigenvalue weighted by molar-refractivity contribution is 6.31. The van der Waals surface area contributed by atoms with Crippen LogP contribution in [-0.4, -0.2) is 15.6 Å². The molecule has 1 aromatic carbocycles. The van der Waals surface area contributed by atoms with Crippen molar-refractivity contribution in [2.75, 3.05) is 0 Å². The van der Waals surface area contributed by atoms with E-state index in [0.717, 1.165) is 11.1 Å². The number of hydrogen-bond acceptors (Lipinski definition) is 2. The third-order valence-corrected chi connectivity index (χ3v) is 3.89. The summed E-state index contributed by atoms with van der Waals surface area (Å²) in [5.41, 5.74) is 2.52. The number of aromatic nitrogens is 1. The second kappa shape index (κ2) is 5.53. The molecule has 21 heavy (non-hydrogen) atoms. The number of fused-ring (bicyclic) bond motifs is 1. The first-order valence-corrected chi connectivity index (χ1v) is 7.17. The van der Waals surface area contributed by atoms with Crippen molar-refractivity contribution in [1.82, 2.24) is 4.57 Å². The molecule has 0 aliphatic rings. The molecular weight excluding hydrogens is 290 g/mol. The average molecular weight is 308 g/mol. The highest BCUT2D eigenvalue weighted by Crippen LogP contribution is 2.27. The highest BCUT2D eigenvalue weighted by atomic mass is 35.5. The molecule has 0 atom stereocenters. The van der Waals surface area contributed by atoms with E-state index in [1.54, 1.807) is 13.0 Å². The van der Waals surface area contributed by atoms with Crippen LogP contribution in [0, 0.1) is 13.8 Å². The van der Waals surface area contributed by atoms with Crippen LogP contribution in [0.2, 0.25) is 5.02 Å². The van der Waals surface area contributed by atoms with E-state index in [1.807, 2.05) is 31.4 Å². The molecule has 0 saturated carbocycles. The van der Waals surface area contributed by atoms with Crippen molar-refractivity contribution in [3.8, 4) is 0 Å². The summed E-state index contributed by atoms with van der Waals surface area (Å²) >= 11 is 6.06. The SMILES string of the molecule is Cc1cc(Cl)cc2c(=O)c(CC(=O)O)c(C)n(C(C)C)c12. The molecule has 5 heteroatoms. The Morgan fingerprint density at radius 3 is 2.48 bits per heavy atom. The molecule has 0 bridgehead atoms. The number of aliphatic carboxylic acids is 1. The molecule has 4 nitrogen and oxygen atoms in total. The molecule has 112 valence electrons. The van der Waals surface area contributed by atoms with Crippen LogP contribution in [0.3, 0.4) is 0 Å². The number of benzene rings is 1. The van der Waals surface area contributed by atoms with E-state index >= 15 is 0 Å². The molecule has 0 amide bonds. The first-order chi connectivity index (χ1) is 9.73. The van der Waals surface area contributed by atoms with Crippen molar-refractivity contribution in [3.63, 3.8) is 0 Å². The Balaban J connectivity index is 3.03. The lowest BCUT2D eigenvalue weighted by Crippen LogP contribution is -2.23. The molecular formula is C16H18ClNO3. The summed E-state index contributed by atoms with van der Waals surface area (Å²) < 4.78 is 2.01. The molecule has 0 radical (unpaired) electrons. The summed E-state index contributed by atoms with van der Waals surface area (Å²) in [6, 6.07) is 3.55. The van der Waals surface area contributed by atoms with Gasteiger partial charge in [0.25, 0.3) is 0 Å². The fourth-order valence-electron chi connectivity index (χ4n) is 2.87. The van der Waals surface area contributed by atoms with Gasteiger partial charge in [-0.3, -0.25) is 9.59 Å². The summed E-state index contributed by atoms with van der Waals surface area (Å²) in [7, 11) is 0. The third-order valence-electron chi connectivity index (χ3n) is 3.67. The Bertz CT molecular complexity index is 790. The molecule has 2 rings (SSSR count). The number of nitrogens with zero attached hydrogens (tertiary/aromatic N) is 1. The van der Waals surface area contributed by atoms with E-state index in [9.17, 15) is 9.59 Å². The lowest BCUT2D eigenvalue weighted by Gasteiger charge is -2.22. The van der Waals surface area contributed by atoms with E-state index in [-0.39, 0.29) is 17.9 Å². The summed E-state index contributed by atoms with van der Waals surface area (Å²) in [6.45, 7) is 7.72. The summed E-state index contributed by atoms with van der Waals surface area (Å²) in [5, 5.41) is 10.0. The molecule has 0 fully saturated rings. The minimum Gasteiger partial charge on any atom is -0.481 e. The van der Waals surface area contributed by atoms with E-state index < -0.39 is 5.97 Å². The van der Waals surface area contributed by atoms with Gasteiger partial charge in [0.2, 0.25) is 0 Å². The standard InChI is InChI=1S/C16H18ClNO3/c1-8(2)18-10(4)12(7-14(19)20)16(21)13-6-11(17)5-9(3)15(13)18/h5-6,8H,7H2,1-4H3,(H,19,20). The van der Waals surface area contributed by atoms with Gasteiger partial charge >= 0.3 is 5.97 Å². The Labute approximate surface area is 128 Å². The molecule has 0 aliphatic heterocycles. The summed E-state index contributed by atoms with van der Waals surface area (Å²) in [4.78, 5) is 23.7. The maximum atomic E-state index is 12.6. The summed E-state index contributed by atoms with van der Waals surface area (Å²) in [6.07, 6.45) is -0.279. The number of carboxylic acids is 1. The monoisotopic (exact) mass is 307 g/mol. The predicted octanol–water partition coefficient (Wildman–Crippen LogP) is 3.48. The van der Waals surface area contributed by atoms with Gasteiger partial charge in [-0.1, -0.05) is 11.6 Å². The van der Waals surface area contributed by atoms with Crippen molar-refractivity contribution in [2.24, 2.45) is 0 Å². The Morgan fingerprint density at radius 1 is 1.33 bits per heavy atom. The van der Waals surface area contributed by atoms with Crippen LogP contribution in [0.4, 0.5) is 0 Å². The number of aryl methyl sites for hydroxylation is 1.